The first-order valence-corrected chi connectivity index (χ1v) is 15.8. The molecule has 1 aliphatic heterocycles. The minimum absolute atomic E-state index is 0.137. The summed E-state index contributed by atoms with van der Waals surface area (Å²) in [4.78, 5) is 40.5. The molecule has 8 rings (SSSR count). The summed E-state index contributed by atoms with van der Waals surface area (Å²) < 4.78 is 11.8. The number of nitrogens with zero attached hydrogens (tertiary/aromatic N) is 1. The quantitative estimate of drug-likeness (QED) is 0.211. The summed E-state index contributed by atoms with van der Waals surface area (Å²) in [5.74, 6) is 2.02. The molecule has 3 aromatic carbocycles. The molecule has 7 nitrogen and oxygen atoms in total. The third-order valence-electron chi connectivity index (χ3n) is 9.80. The zero-order chi connectivity index (χ0) is 30.4. The molecular weight excluding hydrogens is 576 g/mol. The number of halogens is 1. The molecule has 8 heteroatoms. The minimum Gasteiger partial charge on any atom is -0.490 e. The van der Waals surface area contributed by atoms with E-state index in [0.29, 0.717) is 34.4 Å². The molecule has 4 amide bonds. The van der Waals surface area contributed by atoms with Gasteiger partial charge in [0.1, 0.15) is 12.2 Å². The van der Waals surface area contributed by atoms with Crippen LogP contribution in [0.15, 0.2) is 72.3 Å². The Kier molecular flexibility index (Phi) is 7.45. The molecule has 1 heterocycles. The molecular formula is C36H35ClN2O5. The molecule has 4 bridgehead atoms. The number of barbiturate groups is 1. The van der Waals surface area contributed by atoms with Gasteiger partial charge in [0.15, 0.2) is 11.5 Å². The number of carbonyl (C=O) groups is 3. The lowest BCUT2D eigenvalue weighted by atomic mass is 9.48. The van der Waals surface area contributed by atoms with Crippen molar-refractivity contribution < 1.29 is 23.9 Å². The molecule has 0 atom stereocenters. The molecule has 1 saturated heterocycles. The van der Waals surface area contributed by atoms with Crippen LogP contribution in [0.5, 0.6) is 11.5 Å². The molecule has 4 saturated carbocycles. The Morgan fingerprint density at radius 3 is 2.23 bits per heavy atom. The van der Waals surface area contributed by atoms with E-state index >= 15 is 0 Å². The van der Waals surface area contributed by atoms with Gasteiger partial charge < -0.3 is 9.47 Å². The molecule has 1 N–H and O–H groups in total. The Morgan fingerprint density at radius 2 is 1.57 bits per heavy atom. The number of carbonyl (C=O) groups excluding carboxylic acids is 3. The fourth-order valence-electron chi connectivity index (χ4n) is 8.26. The van der Waals surface area contributed by atoms with Crippen LogP contribution in [0.4, 0.5) is 10.5 Å². The van der Waals surface area contributed by atoms with E-state index in [0.717, 1.165) is 28.2 Å². The van der Waals surface area contributed by atoms with E-state index in [2.05, 4.69) is 17.4 Å². The van der Waals surface area contributed by atoms with E-state index in [4.69, 9.17) is 21.1 Å². The van der Waals surface area contributed by atoms with Gasteiger partial charge in [-0.05, 0) is 116 Å². The van der Waals surface area contributed by atoms with Gasteiger partial charge in [0.2, 0.25) is 0 Å². The van der Waals surface area contributed by atoms with Crippen molar-refractivity contribution in [1.29, 1.82) is 0 Å². The fraction of sp³-hybridized carbons (Fsp3) is 0.361. The van der Waals surface area contributed by atoms with Crippen molar-refractivity contribution in [3.8, 4) is 11.5 Å². The van der Waals surface area contributed by atoms with Gasteiger partial charge in [0, 0.05) is 10.6 Å². The first-order chi connectivity index (χ1) is 21.3. The van der Waals surface area contributed by atoms with Crippen LogP contribution in [0.1, 0.15) is 62.1 Å². The van der Waals surface area contributed by atoms with Gasteiger partial charge in [-0.25, -0.2) is 9.69 Å². The average molecular weight is 611 g/mol. The number of amides is 4. The lowest BCUT2D eigenvalue weighted by Gasteiger charge is -2.57. The van der Waals surface area contributed by atoms with Gasteiger partial charge in [0.25, 0.3) is 11.8 Å². The summed E-state index contributed by atoms with van der Waals surface area (Å²) in [6.45, 7) is 2.50. The van der Waals surface area contributed by atoms with E-state index in [9.17, 15) is 14.4 Å². The number of anilines is 1. The number of hydrogen-bond acceptors (Lipinski definition) is 5. The van der Waals surface area contributed by atoms with Gasteiger partial charge in [-0.1, -0.05) is 48.0 Å². The number of imide groups is 2. The predicted molar refractivity (Wildman–Crippen MR) is 169 cm³/mol. The van der Waals surface area contributed by atoms with Crippen molar-refractivity contribution in [3.63, 3.8) is 0 Å². The van der Waals surface area contributed by atoms with Crippen molar-refractivity contribution in [3.05, 3.63) is 94.0 Å². The third kappa shape index (κ3) is 5.28. The number of benzene rings is 3. The standard InChI is InChI=1S/C36H35ClN2O5/c1-2-43-32-17-22(7-12-31(32)44-21-26-5-3-4-6-30(26)37)16-29-33(40)38-35(42)39(34(29)41)28-10-8-27(9-11-28)36-18-23-13-24(19-36)15-25(14-23)20-36/h3-12,16-17,23-25H,2,13-15,18-21H2,1H3,(H,38,40,42)/b29-16+. The molecule has 226 valence electrons. The molecule has 3 aromatic rings. The first-order valence-electron chi connectivity index (χ1n) is 15.5. The SMILES string of the molecule is CCOc1cc(/C=C2\C(=O)NC(=O)N(c3ccc(C45CC6CC(CC(C6)C4)C5)cc3)C2=O)ccc1OCc1ccccc1Cl. The number of ether oxygens (including phenoxy) is 2. The van der Waals surface area contributed by atoms with E-state index in [1.807, 2.05) is 37.3 Å². The van der Waals surface area contributed by atoms with Crippen molar-refractivity contribution in [2.75, 3.05) is 11.5 Å². The Bertz CT molecular complexity index is 1630. The highest BCUT2D eigenvalue weighted by atomic mass is 35.5. The largest absolute Gasteiger partial charge is 0.490 e. The Labute approximate surface area is 262 Å². The average Bonchev–Trinajstić information content (AvgIpc) is 2.99. The smallest absolute Gasteiger partial charge is 0.335 e. The number of urea groups is 1. The van der Waals surface area contributed by atoms with Crippen LogP contribution in [-0.4, -0.2) is 24.5 Å². The van der Waals surface area contributed by atoms with Crippen molar-refractivity contribution >= 4 is 41.2 Å². The normalized spacial score (nSPS) is 26.7. The number of hydrogen-bond donors (Lipinski definition) is 1. The molecule has 0 unspecified atom stereocenters. The minimum atomic E-state index is -0.752. The maximum atomic E-state index is 13.6. The van der Waals surface area contributed by atoms with Crippen LogP contribution in [0.2, 0.25) is 5.02 Å². The van der Waals surface area contributed by atoms with E-state index in [1.54, 1.807) is 24.3 Å². The van der Waals surface area contributed by atoms with Gasteiger partial charge in [-0.3, -0.25) is 14.9 Å². The second-order valence-electron chi connectivity index (χ2n) is 12.7. The van der Waals surface area contributed by atoms with Crippen molar-refractivity contribution in [2.24, 2.45) is 17.8 Å². The van der Waals surface area contributed by atoms with E-state index in [-0.39, 0.29) is 17.6 Å². The van der Waals surface area contributed by atoms with Crippen molar-refractivity contribution in [1.82, 2.24) is 5.32 Å². The summed E-state index contributed by atoms with van der Waals surface area (Å²) in [6, 6.07) is 19.7. The van der Waals surface area contributed by atoms with E-state index < -0.39 is 17.8 Å². The molecule has 0 radical (unpaired) electrons. The number of nitrogens with one attached hydrogen (secondary N) is 1. The molecule has 5 aliphatic rings. The maximum Gasteiger partial charge on any atom is 0.335 e. The highest BCUT2D eigenvalue weighted by Crippen LogP contribution is 2.60. The zero-order valence-electron chi connectivity index (χ0n) is 24.7. The predicted octanol–water partition coefficient (Wildman–Crippen LogP) is 7.45. The second-order valence-corrected chi connectivity index (χ2v) is 13.1. The Hall–Kier alpha value is -4.10. The van der Waals surface area contributed by atoms with Crippen molar-refractivity contribution in [2.45, 2.75) is 57.5 Å². The molecule has 44 heavy (non-hydrogen) atoms. The second kappa shape index (κ2) is 11.4. The Morgan fingerprint density at radius 1 is 0.886 bits per heavy atom. The van der Waals surface area contributed by atoms with Crippen LogP contribution in [-0.2, 0) is 21.6 Å². The summed E-state index contributed by atoms with van der Waals surface area (Å²) in [5, 5.41) is 2.94. The van der Waals surface area contributed by atoms with Crippen LogP contribution in [0.3, 0.4) is 0 Å². The van der Waals surface area contributed by atoms with Crippen LogP contribution in [0.25, 0.3) is 6.08 Å². The van der Waals surface area contributed by atoms with Gasteiger partial charge >= 0.3 is 6.03 Å². The third-order valence-corrected chi connectivity index (χ3v) is 10.2. The highest BCUT2D eigenvalue weighted by molar-refractivity contribution is 6.39. The summed E-state index contributed by atoms with van der Waals surface area (Å²) >= 11 is 6.27. The van der Waals surface area contributed by atoms with Gasteiger partial charge in [-0.15, -0.1) is 0 Å². The topological polar surface area (TPSA) is 84.9 Å². The molecule has 4 aliphatic carbocycles. The number of rotatable bonds is 8. The molecule has 0 spiro atoms. The van der Waals surface area contributed by atoms with Gasteiger partial charge in [-0.2, -0.15) is 0 Å². The fourth-order valence-corrected chi connectivity index (χ4v) is 8.45. The first kappa shape index (κ1) is 28.7. The summed E-state index contributed by atoms with van der Waals surface area (Å²) in [7, 11) is 0. The van der Waals surface area contributed by atoms with Crippen LogP contribution in [0, 0.1) is 17.8 Å². The zero-order valence-corrected chi connectivity index (χ0v) is 25.4. The maximum absolute atomic E-state index is 13.6. The Balaban J connectivity index is 1.12. The van der Waals surface area contributed by atoms with Gasteiger partial charge in [0.05, 0.1) is 12.3 Å². The van der Waals surface area contributed by atoms with Crippen LogP contribution >= 0.6 is 11.6 Å². The lowest BCUT2D eigenvalue weighted by Crippen LogP contribution is -2.54. The van der Waals surface area contributed by atoms with Crippen LogP contribution < -0.4 is 19.7 Å². The summed E-state index contributed by atoms with van der Waals surface area (Å²) in [5.41, 5.74) is 3.22. The lowest BCUT2D eigenvalue weighted by molar-refractivity contribution is -0.122. The monoisotopic (exact) mass is 610 g/mol. The molecule has 0 aromatic heterocycles. The summed E-state index contributed by atoms with van der Waals surface area (Å²) in [6.07, 6.45) is 9.28. The molecule has 5 fully saturated rings. The van der Waals surface area contributed by atoms with E-state index in [1.165, 1.54) is 50.2 Å². The highest BCUT2D eigenvalue weighted by Gasteiger charge is 2.51.